The van der Waals surface area contributed by atoms with E-state index in [1.807, 2.05) is 85.4 Å². The number of benzene rings is 2. The highest BCUT2D eigenvalue weighted by Crippen LogP contribution is 2.25. The molecular weight excluding hydrogens is 763 g/mol. The van der Waals surface area contributed by atoms with Crippen molar-refractivity contribution in [1.29, 1.82) is 0 Å². The Morgan fingerprint density at radius 3 is 2.44 bits per heavy atom. The zero-order valence-corrected chi connectivity index (χ0v) is 35.6. The maximum Gasteiger partial charge on any atom is 0.306 e. The Morgan fingerprint density at radius 2 is 1.66 bits per heavy atom. The third-order valence-corrected chi connectivity index (χ3v) is 10.7. The molecule has 1 atom stereocenters. The van der Waals surface area contributed by atoms with E-state index >= 15 is 0 Å². The minimum absolute atomic E-state index is 0.0555. The minimum atomic E-state index is -0.616. The van der Waals surface area contributed by atoms with Crippen LogP contribution in [0, 0.1) is 11.8 Å². The highest BCUT2D eigenvalue weighted by molar-refractivity contribution is 6.04. The number of nitrogens with two attached hydrogens (primary N) is 1. The Bertz CT molecular complexity index is 2610. The summed E-state index contributed by atoms with van der Waals surface area (Å²) in [5, 5.41) is 8.37. The predicted molar refractivity (Wildman–Crippen MR) is 243 cm³/mol. The molecule has 0 unspecified atom stereocenters. The number of amides is 1. The number of anilines is 1. The fourth-order valence-corrected chi connectivity index (χ4v) is 7.38. The molecule has 1 amide bonds. The molecule has 2 aromatic carbocycles. The molecule has 3 N–H and O–H groups in total. The maximum atomic E-state index is 14.5. The number of allylic oxidation sites excluding steroid dienone is 4. The van der Waals surface area contributed by atoms with E-state index in [1.165, 1.54) is 43.0 Å². The van der Waals surface area contributed by atoms with Crippen LogP contribution in [0.5, 0.6) is 0 Å². The van der Waals surface area contributed by atoms with Gasteiger partial charge in [0.15, 0.2) is 11.5 Å². The normalized spacial score (nSPS) is 12.0. The van der Waals surface area contributed by atoms with Crippen LogP contribution in [0.1, 0.15) is 130 Å². The Labute approximate surface area is 358 Å². The summed E-state index contributed by atoms with van der Waals surface area (Å²) in [4.78, 5) is 45.0. The van der Waals surface area contributed by atoms with Crippen LogP contribution < -0.4 is 16.6 Å². The predicted octanol–water partition coefficient (Wildman–Crippen LogP) is 9.70. The number of ether oxygens (including phenoxy) is 1. The number of aryl methyl sites for hydroxylation is 1. The molecule has 316 valence electrons. The van der Waals surface area contributed by atoms with E-state index in [-0.39, 0.29) is 29.5 Å². The van der Waals surface area contributed by atoms with E-state index in [0.29, 0.717) is 39.8 Å². The number of esters is 1. The van der Waals surface area contributed by atoms with Crippen molar-refractivity contribution in [2.75, 3.05) is 5.73 Å². The van der Waals surface area contributed by atoms with Crippen molar-refractivity contribution in [3.63, 3.8) is 0 Å². The van der Waals surface area contributed by atoms with Gasteiger partial charge in [0.05, 0.1) is 17.1 Å². The number of hydrogen-bond donors (Lipinski definition) is 2. The van der Waals surface area contributed by atoms with Crippen LogP contribution in [0.2, 0.25) is 0 Å². The van der Waals surface area contributed by atoms with E-state index < -0.39 is 11.9 Å². The third-order valence-electron chi connectivity index (χ3n) is 10.7. The number of nitrogens with one attached hydrogen (secondary N) is 1. The number of pyridine rings is 1. The summed E-state index contributed by atoms with van der Waals surface area (Å²) in [6, 6.07) is 19.8. The van der Waals surface area contributed by atoms with Crippen LogP contribution in [-0.4, -0.2) is 35.6 Å². The van der Waals surface area contributed by atoms with Crippen LogP contribution in [-0.2, 0) is 23.2 Å². The van der Waals surface area contributed by atoms with Crippen molar-refractivity contribution in [2.45, 2.75) is 104 Å². The van der Waals surface area contributed by atoms with Gasteiger partial charge in [-0.3, -0.25) is 19.0 Å². The molecule has 0 aliphatic heterocycles. The molecule has 0 aliphatic carbocycles. The summed E-state index contributed by atoms with van der Waals surface area (Å²) in [7, 11) is 1.90. The number of nitrogen functional groups attached to an aromatic ring is 1. The lowest BCUT2D eigenvalue weighted by molar-refractivity contribution is -0.145. The molecule has 0 radical (unpaired) electrons. The van der Waals surface area contributed by atoms with Gasteiger partial charge in [-0.2, -0.15) is 0 Å². The molecule has 0 spiro atoms. The van der Waals surface area contributed by atoms with Crippen molar-refractivity contribution in [3.05, 3.63) is 148 Å². The number of rotatable bonds is 20. The third kappa shape index (κ3) is 11.8. The van der Waals surface area contributed by atoms with Crippen LogP contribution in [0.4, 0.5) is 5.82 Å². The minimum Gasteiger partial charge on any atom is -0.459 e. The first-order valence-corrected chi connectivity index (χ1v) is 21.5. The standard InChI is InChI=1S/C50H57N7O4/c1-4-5-6-7-8-9-10-11-12-13-14-15-16-17-21-28-44(58)61-36-42-33-38(35-55(42)3)29-30-39-24-22-25-40-34-43(57(50(60)45(39)40)41-26-19-18-20-27-41)37(2)53-49(59)46-47(51)54-56-32-23-31-52-48(46)56/h8-9,11-12,18-20,22-27,31-35,37H,4-7,10,13-17,21,28,36H2,1-3H3,(H2,51,54)(H,53,59)/b9-8-,12-11-/t37-/m0/s1. The molecule has 4 aromatic heterocycles. The van der Waals surface area contributed by atoms with Crippen molar-refractivity contribution in [3.8, 4) is 17.5 Å². The molecule has 11 heteroatoms. The second-order valence-corrected chi connectivity index (χ2v) is 15.4. The number of hydrogen-bond acceptors (Lipinski definition) is 7. The Balaban J connectivity index is 1.06. The van der Waals surface area contributed by atoms with Crippen LogP contribution in [0.25, 0.3) is 22.1 Å². The number of nitrogens with zero attached hydrogens (tertiary/aromatic N) is 5. The second-order valence-electron chi connectivity index (χ2n) is 15.4. The van der Waals surface area contributed by atoms with Crippen LogP contribution in [0.3, 0.4) is 0 Å². The average molecular weight is 820 g/mol. The van der Waals surface area contributed by atoms with Gasteiger partial charge in [0.1, 0.15) is 12.2 Å². The summed E-state index contributed by atoms with van der Waals surface area (Å²) in [5.41, 5.74) is 9.70. The van der Waals surface area contributed by atoms with Gasteiger partial charge in [-0.25, -0.2) is 9.50 Å². The lowest BCUT2D eigenvalue weighted by Crippen LogP contribution is -2.32. The van der Waals surface area contributed by atoms with Gasteiger partial charge in [0.2, 0.25) is 0 Å². The quantitative estimate of drug-likeness (QED) is 0.0339. The van der Waals surface area contributed by atoms with E-state index in [4.69, 9.17) is 10.5 Å². The summed E-state index contributed by atoms with van der Waals surface area (Å²) in [6.07, 6.45) is 27.1. The molecule has 0 saturated heterocycles. The average Bonchev–Trinajstić information content (AvgIpc) is 3.80. The lowest BCUT2D eigenvalue weighted by Gasteiger charge is -2.21. The summed E-state index contributed by atoms with van der Waals surface area (Å²) in [5.74, 6) is 5.85. The molecule has 61 heavy (non-hydrogen) atoms. The van der Waals surface area contributed by atoms with Gasteiger partial charge in [-0.1, -0.05) is 106 Å². The fraction of sp³-hybridized carbons (Fsp3) is 0.340. The number of fused-ring (bicyclic) bond motifs is 2. The number of aromatic nitrogens is 5. The maximum absolute atomic E-state index is 14.5. The number of unbranched alkanes of at least 4 members (excludes halogenated alkanes) is 8. The van der Waals surface area contributed by atoms with Crippen molar-refractivity contribution in [1.82, 2.24) is 29.0 Å². The van der Waals surface area contributed by atoms with Crippen molar-refractivity contribution in [2.24, 2.45) is 7.05 Å². The summed E-state index contributed by atoms with van der Waals surface area (Å²) < 4.78 is 10.6. The van der Waals surface area contributed by atoms with E-state index in [9.17, 15) is 14.4 Å². The van der Waals surface area contributed by atoms with Gasteiger partial charge in [-0.15, -0.1) is 5.10 Å². The van der Waals surface area contributed by atoms with Crippen LogP contribution in [0.15, 0.2) is 114 Å². The summed E-state index contributed by atoms with van der Waals surface area (Å²) in [6.45, 7) is 4.21. The number of carbonyl (C=O) groups excluding carboxylic acids is 2. The van der Waals surface area contributed by atoms with Crippen molar-refractivity contribution < 1.29 is 14.3 Å². The zero-order chi connectivity index (χ0) is 43.0. The van der Waals surface area contributed by atoms with Crippen molar-refractivity contribution >= 4 is 34.1 Å². The lowest BCUT2D eigenvalue weighted by atomic mass is 10.0. The molecular formula is C50H57N7O4. The van der Waals surface area contributed by atoms with Gasteiger partial charge < -0.3 is 20.4 Å². The monoisotopic (exact) mass is 819 g/mol. The van der Waals surface area contributed by atoms with E-state index in [0.717, 1.165) is 43.4 Å². The largest absolute Gasteiger partial charge is 0.459 e. The Kier molecular flexibility index (Phi) is 15.9. The highest BCUT2D eigenvalue weighted by atomic mass is 16.5. The smallest absolute Gasteiger partial charge is 0.306 e. The molecule has 6 aromatic rings. The first-order chi connectivity index (χ1) is 29.7. The number of para-hydroxylation sites is 1. The first-order valence-electron chi connectivity index (χ1n) is 21.5. The molecule has 6 rings (SSSR count). The Hall–Kier alpha value is -6.67. The number of carbonyl (C=O) groups is 2. The molecule has 0 fully saturated rings. The van der Waals surface area contributed by atoms with Gasteiger partial charge >= 0.3 is 5.97 Å². The zero-order valence-electron chi connectivity index (χ0n) is 35.6. The van der Waals surface area contributed by atoms with Crippen LogP contribution >= 0.6 is 0 Å². The molecule has 0 aliphatic rings. The molecule has 0 bridgehead atoms. The Morgan fingerprint density at radius 1 is 0.902 bits per heavy atom. The van der Waals surface area contributed by atoms with E-state index in [1.54, 1.807) is 23.0 Å². The molecule has 11 nitrogen and oxygen atoms in total. The van der Waals surface area contributed by atoms with E-state index in [2.05, 4.69) is 58.5 Å². The summed E-state index contributed by atoms with van der Waals surface area (Å²) >= 11 is 0. The van der Waals surface area contributed by atoms with Gasteiger partial charge in [0, 0.05) is 54.6 Å². The van der Waals surface area contributed by atoms with Gasteiger partial charge in [-0.05, 0) is 87.2 Å². The van der Waals surface area contributed by atoms with Gasteiger partial charge in [0.25, 0.3) is 11.5 Å². The SMILES string of the molecule is CCCCC/C=C\C/C=C\CCCCCCCC(=O)OCc1cc(C#Cc2cccc3cc([C@H](C)NC(=O)c4c(N)nn5cccnc45)n(-c4ccccc4)c(=O)c23)cn1C. The topological polar surface area (TPSA) is 139 Å². The second kappa shape index (κ2) is 22.1. The first kappa shape index (κ1) is 43.9. The fourth-order valence-electron chi connectivity index (χ4n) is 7.38. The molecule has 4 heterocycles. The highest BCUT2D eigenvalue weighted by Gasteiger charge is 2.24. The molecule has 0 saturated carbocycles.